The number of hydrogen-bond acceptors (Lipinski definition) is 5. The number of hydrogen-bond donors (Lipinski definition) is 1. The SMILES string of the molecule is Clc1cc(OC[C@H]2COCCO2)cc(-c2ccc(C#CCNc3ccccc3)cc2)n1. The van der Waals surface area contributed by atoms with Crippen LogP contribution in [0.25, 0.3) is 11.3 Å². The first kappa shape index (κ1) is 21.2. The number of ether oxygens (including phenoxy) is 3. The number of nitrogens with one attached hydrogen (secondary N) is 1. The molecule has 0 aliphatic carbocycles. The lowest BCUT2D eigenvalue weighted by atomic mass is 10.1. The molecule has 6 heteroatoms. The summed E-state index contributed by atoms with van der Waals surface area (Å²) in [5.74, 6) is 6.95. The minimum atomic E-state index is -0.0709. The van der Waals surface area contributed by atoms with Crippen LogP contribution in [0, 0.1) is 11.8 Å². The topological polar surface area (TPSA) is 52.6 Å². The van der Waals surface area contributed by atoms with Crippen LogP contribution in [0.5, 0.6) is 5.75 Å². The van der Waals surface area contributed by atoms with Crippen molar-refractivity contribution in [3.05, 3.63) is 77.4 Å². The molecule has 0 radical (unpaired) electrons. The van der Waals surface area contributed by atoms with E-state index in [1.165, 1.54) is 0 Å². The smallest absolute Gasteiger partial charge is 0.133 e. The molecule has 0 unspecified atom stereocenters. The van der Waals surface area contributed by atoms with Crippen molar-refractivity contribution in [2.75, 3.05) is 38.3 Å². The van der Waals surface area contributed by atoms with Gasteiger partial charge in [0.25, 0.3) is 0 Å². The molecule has 2 aromatic carbocycles. The van der Waals surface area contributed by atoms with E-state index in [0.29, 0.717) is 43.9 Å². The van der Waals surface area contributed by atoms with Crippen molar-refractivity contribution in [1.82, 2.24) is 4.98 Å². The molecule has 1 aromatic heterocycles. The quantitative estimate of drug-likeness (QED) is 0.451. The van der Waals surface area contributed by atoms with Crippen molar-refractivity contribution in [2.24, 2.45) is 0 Å². The Morgan fingerprint density at radius 3 is 2.68 bits per heavy atom. The molecule has 0 spiro atoms. The highest BCUT2D eigenvalue weighted by atomic mass is 35.5. The number of rotatable bonds is 6. The molecule has 1 aliphatic heterocycles. The summed E-state index contributed by atoms with van der Waals surface area (Å²) in [5, 5.41) is 3.65. The lowest BCUT2D eigenvalue weighted by Gasteiger charge is -2.23. The van der Waals surface area contributed by atoms with Crippen LogP contribution in [0.2, 0.25) is 5.15 Å². The van der Waals surface area contributed by atoms with Gasteiger partial charge in [0.1, 0.15) is 23.6 Å². The van der Waals surface area contributed by atoms with Crippen molar-refractivity contribution in [2.45, 2.75) is 6.10 Å². The van der Waals surface area contributed by atoms with E-state index in [1.807, 2.05) is 60.7 Å². The number of benzene rings is 2. The number of halogens is 1. The second kappa shape index (κ2) is 10.8. The van der Waals surface area contributed by atoms with Gasteiger partial charge in [0, 0.05) is 28.9 Å². The van der Waals surface area contributed by atoms with E-state index >= 15 is 0 Å². The molecule has 1 fully saturated rings. The lowest BCUT2D eigenvalue weighted by molar-refractivity contribution is -0.101. The molecule has 1 saturated heterocycles. The summed E-state index contributed by atoms with van der Waals surface area (Å²) >= 11 is 6.21. The van der Waals surface area contributed by atoms with Gasteiger partial charge in [0.15, 0.2) is 0 Å². The molecule has 4 rings (SSSR count). The zero-order valence-electron chi connectivity index (χ0n) is 17.0. The van der Waals surface area contributed by atoms with Crippen LogP contribution in [0.1, 0.15) is 5.56 Å². The molecule has 1 aliphatic rings. The fourth-order valence-electron chi connectivity index (χ4n) is 3.10. The van der Waals surface area contributed by atoms with E-state index in [4.69, 9.17) is 25.8 Å². The largest absolute Gasteiger partial charge is 0.491 e. The van der Waals surface area contributed by atoms with Crippen LogP contribution in [-0.2, 0) is 9.47 Å². The summed E-state index contributed by atoms with van der Waals surface area (Å²) in [5.41, 5.74) is 3.68. The van der Waals surface area contributed by atoms with Gasteiger partial charge in [-0.25, -0.2) is 4.98 Å². The fourth-order valence-corrected chi connectivity index (χ4v) is 3.30. The Balaban J connectivity index is 1.37. The number of anilines is 1. The Morgan fingerprint density at radius 2 is 1.90 bits per heavy atom. The number of para-hydroxylation sites is 1. The van der Waals surface area contributed by atoms with Gasteiger partial charge >= 0.3 is 0 Å². The van der Waals surface area contributed by atoms with Crippen molar-refractivity contribution in [3.8, 4) is 28.8 Å². The van der Waals surface area contributed by atoms with Gasteiger partial charge in [0.2, 0.25) is 0 Å². The molecular weight excluding hydrogens is 412 g/mol. The highest BCUT2D eigenvalue weighted by molar-refractivity contribution is 6.29. The Kier molecular flexibility index (Phi) is 7.41. The lowest BCUT2D eigenvalue weighted by Crippen LogP contribution is -2.33. The first-order valence-electron chi connectivity index (χ1n) is 10.1. The van der Waals surface area contributed by atoms with Crippen LogP contribution in [-0.4, -0.2) is 44.1 Å². The standard InChI is InChI=1S/C25H23ClN2O3/c26-25-16-22(31-18-23-17-29-13-14-30-23)15-24(28-25)20-10-8-19(9-11-20)5-4-12-27-21-6-2-1-3-7-21/h1-3,6-11,15-16,23,27H,12-14,17-18H2/t23-/m1/s1. The Morgan fingerprint density at radius 1 is 1.06 bits per heavy atom. The normalized spacial score (nSPS) is 15.6. The molecular formula is C25H23ClN2O3. The molecule has 2 heterocycles. The third-order valence-electron chi connectivity index (χ3n) is 4.66. The minimum Gasteiger partial charge on any atom is -0.491 e. The van der Waals surface area contributed by atoms with Crippen LogP contribution in [0.3, 0.4) is 0 Å². The summed E-state index contributed by atoms with van der Waals surface area (Å²) < 4.78 is 16.9. The maximum atomic E-state index is 6.21. The van der Waals surface area contributed by atoms with Crippen LogP contribution < -0.4 is 10.1 Å². The van der Waals surface area contributed by atoms with E-state index in [2.05, 4.69) is 22.1 Å². The summed E-state index contributed by atoms with van der Waals surface area (Å²) in [6.45, 7) is 2.75. The van der Waals surface area contributed by atoms with E-state index in [9.17, 15) is 0 Å². The summed E-state index contributed by atoms with van der Waals surface area (Å²) in [6, 6.07) is 21.5. The van der Waals surface area contributed by atoms with Gasteiger partial charge in [-0.2, -0.15) is 0 Å². The molecule has 0 amide bonds. The molecule has 31 heavy (non-hydrogen) atoms. The second-order valence-electron chi connectivity index (χ2n) is 6.99. The van der Waals surface area contributed by atoms with Crippen molar-refractivity contribution < 1.29 is 14.2 Å². The Hall–Kier alpha value is -3.04. The number of aromatic nitrogens is 1. The van der Waals surface area contributed by atoms with Gasteiger partial charge in [0.05, 0.1) is 32.1 Å². The Bertz CT molecular complexity index is 1040. The van der Waals surface area contributed by atoms with Crippen LogP contribution >= 0.6 is 11.6 Å². The van der Waals surface area contributed by atoms with Crippen molar-refractivity contribution in [3.63, 3.8) is 0 Å². The summed E-state index contributed by atoms with van der Waals surface area (Å²) in [4.78, 5) is 4.42. The zero-order chi connectivity index (χ0) is 21.3. The van der Waals surface area contributed by atoms with E-state index in [1.54, 1.807) is 6.07 Å². The Labute approximate surface area is 187 Å². The zero-order valence-corrected chi connectivity index (χ0v) is 17.8. The summed E-state index contributed by atoms with van der Waals surface area (Å²) in [7, 11) is 0. The molecule has 5 nitrogen and oxygen atoms in total. The average molecular weight is 435 g/mol. The minimum absolute atomic E-state index is 0.0709. The molecule has 0 saturated carbocycles. The van der Waals surface area contributed by atoms with Gasteiger partial charge in [-0.15, -0.1) is 0 Å². The predicted molar refractivity (Wildman–Crippen MR) is 123 cm³/mol. The number of pyridine rings is 1. The van der Waals surface area contributed by atoms with Crippen LogP contribution in [0.4, 0.5) is 5.69 Å². The van der Waals surface area contributed by atoms with E-state index in [0.717, 1.165) is 22.5 Å². The van der Waals surface area contributed by atoms with Gasteiger partial charge in [-0.3, -0.25) is 0 Å². The molecule has 3 aromatic rings. The fraction of sp³-hybridized carbons (Fsp3) is 0.240. The predicted octanol–water partition coefficient (Wildman–Crippen LogP) is 4.66. The highest BCUT2D eigenvalue weighted by Gasteiger charge is 2.15. The summed E-state index contributed by atoms with van der Waals surface area (Å²) in [6.07, 6.45) is -0.0709. The van der Waals surface area contributed by atoms with Crippen LogP contribution in [0.15, 0.2) is 66.7 Å². The highest BCUT2D eigenvalue weighted by Crippen LogP contribution is 2.26. The first-order valence-corrected chi connectivity index (χ1v) is 10.5. The number of nitrogens with zero attached hydrogens (tertiary/aromatic N) is 1. The van der Waals surface area contributed by atoms with E-state index in [-0.39, 0.29) is 6.10 Å². The third-order valence-corrected chi connectivity index (χ3v) is 4.85. The molecule has 1 N–H and O–H groups in total. The van der Waals surface area contributed by atoms with Crippen molar-refractivity contribution >= 4 is 17.3 Å². The monoisotopic (exact) mass is 434 g/mol. The van der Waals surface area contributed by atoms with Gasteiger partial charge in [-0.05, 0) is 24.3 Å². The molecule has 1 atom stereocenters. The second-order valence-corrected chi connectivity index (χ2v) is 7.38. The van der Waals surface area contributed by atoms with Crippen molar-refractivity contribution in [1.29, 1.82) is 0 Å². The van der Waals surface area contributed by atoms with Gasteiger partial charge in [-0.1, -0.05) is 53.8 Å². The first-order chi connectivity index (χ1) is 15.3. The van der Waals surface area contributed by atoms with E-state index < -0.39 is 0 Å². The maximum absolute atomic E-state index is 6.21. The average Bonchev–Trinajstić information content (AvgIpc) is 2.82. The maximum Gasteiger partial charge on any atom is 0.133 e. The molecule has 158 valence electrons. The third kappa shape index (κ3) is 6.47. The van der Waals surface area contributed by atoms with Gasteiger partial charge < -0.3 is 19.5 Å². The molecule has 0 bridgehead atoms.